The number of anilines is 1. The topological polar surface area (TPSA) is 64.9 Å². The molecule has 1 aromatic carbocycles. The average molecular weight is 203 g/mol. The van der Waals surface area contributed by atoms with Crippen LogP contribution in [0.2, 0.25) is 0 Å². The van der Waals surface area contributed by atoms with E-state index in [-0.39, 0.29) is 0 Å². The maximum absolute atomic E-state index is 5.59. The van der Waals surface area contributed by atoms with Crippen molar-refractivity contribution in [1.82, 2.24) is 10.1 Å². The van der Waals surface area contributed by atoms with E-state index in [1.807, 2.05) is 24.3 Å². The third-order valence-corrected chi connectivity index (χ3v) is 2.10. The van der Waals surface area contributed by atoms with Crippen LogP contribution in [0.5, 0.6) is 0 Å². The second-order valence-corrected chi connectivity index (χ2v) is 3.38. The number of nitrogens with two attached hydrogens (primary N) is 1. The van der Waals surface area contributed by atoms with E-state index in [1.165, 1.54) is 0 Å². The van der Waals surface area contributed by atoms with E-state index in [0.717, 1.165) is 24.1 Å². The molecule has 2 rings (SSSR count). The van der Waals surface area contributed by atoms with Gasteiger partial charge in [-0.3, -0.25) is 0 Å². The summed E-state index contributed by atoms with van der Waals surface area (Å²) >= 11 is 0. The first-order chi connectivity index (χ1) is 7.29. The highest BCUT2D eigenvalue weighted by atomic mass is 16.5. The Bertz CT molecular complexity index is 433. The number of hydrogen-bond donors (Lipinski definition) is 1. The van der Waals surface area contributed by atoms with Gasteiger partial charge in [-0.15, -0.1) is 0 Å². The van der Waals surface area contributed by atoms with Crippen LogP contribution in [0.25, 0.3) is 11.4 Å². The molecule has 0 unspecified atom stereocenters. The standard InChI is InChI=1S/C11H13N3O/c1-2-3-10-13-11(14-15-10)8-4-6-9(12)7-5-8/h4-7H,2-3,12H2,1H3. The summed E-state index contributed by atoms with van der Waals surface area (Å²) in [5, 5.41) is 3.91. The summed E-state index contributed by atoms with van der Waals surface area (Å²) in [5.41, 5.74) is 7.25. The highest BCUT2D eigenvalue weighted by molar-refractivity contribution is 5.57. The second kappa shape index (κ2) is 4.13. The van der Waals surface area contributed by atoms with E-state index in [1.54, 1.807) is 0 Å². The van der Waals surface area contributed by atoms with E-state index < -0.39 is 0 Å². The molecule has 0 aliphatic heterocycles. The fraction of sp³-hybridized carbons (Fsp3) is 0.273. The van der Waals surface area contributed by atoms with Gasteiger partial charge in [-0.1, -0.05) is 12.1 Å². The smallest absolute Gasteiger partial charge is 0.226 e. The van der Waals surface area contributed by atoms with Gasteiger partial charge in [0.2, 0.25) is 11.7 Å². The van der Waals surface area contributed by atoms with Gasteiger partial charge in [0.05, 0.1) is 0 Å². The Morgan fingerprint density at radius 3 is 2.67 bits per heavy atom. The van der Waals surface area contributed by atoms with Crippen LogP contribution in [-0.4, -0.2) is 10.1 Å². The van der Waals surface area contributed by atoms with Gasteiger partial charge in [-0.05, 0) is 30.7 Å². The number of nitrogens with zero attached hydrogens (tertiary/aromatic N) is 2. The molecule has 15 heavy (non-hydrogen) atoms. The van der Waals surface area contributed by atoms with E-state index in [2.05, 4.69) is 17.1 Å². The zero-order chi connectivity index (χ0) is 10.7. The van der Waals surface area contributed by atoms with Gasteiger partial charge < -0.3 is 10.3 Å². The number of benzene rings is 1. The van der Waals surface area contributed by atoms with E-state index in [4.69, 9.17) is 10.3 Å². The maximum atomic E-state index is 5.59. The Labute approximate surface area is 88.1 Å². The molecular weight excluding hydrogens is 190 g/mol. The SMILES string of the molecule is CCCc1nc(-c2ccc(N)cc2)no1. The van der Waals surface area contributed by atoms with Crippen molar-refractivity contribution in [1.29, 1.82) is 0 Å². The lowest BCUT2D eigenvalue weighted by Crippen LogP contribution is -1.86. The fourth-order valence-corrected chi connectivity index (χ4v) is 1.32. The van der Waals surface area contributed by atoms with E-state index >= 15 is 0 Å². The van der Waals surface area contributed by atoms with Crippen LogP contribution < -0.4 is 5.73 Å². The molecule has 0 saturated heterocycles. The van der Waals surface area contributed by atoms with Crippen LogP contribution in [0.4, 0.5) is 5.69 Å². The summed E-state index contributed by atoms with van der Waals surface area (Å²) in [6.07, 6.45) is 1.82. The quantitative estimate of drug-likeness (QED) is 0.777. The van der Waals surface area contributed by atoms with Crippen LogP contribution in [0.15, 0.2) is 28.8 Å². The van der Waals surface area contributed by atoms with Crippen molar-refractivity contribution < 1.29 is 4.52 Å². The number of nitrogen functional groups attached to an aromatic ring is 1. The second-order valence-electron chi connectivity index (χ2n) is 3.38. The predicted octanol–water partition coefficient (Wildman–Crippen LogP) is 2.27. The molecule has 2 aromatic rings. The van der Waals surface area contributed by atoms with Gasteiger partial charge in [-0.2, -0.15) is 4.98 Å². The summed E-state index contributed by atoms with van der Waals surface area (Å²) in [6, 6.07) is 7.42. The van der Waals surface area contributed by atoms with Gasteiger partial charge in [-0.25, -0.2) is 0 Å². The number of hydrogen-bond acceptors (Lipinski definition) is 4. The number of rotatable bonds is 3. The maximum Gasteiger partial charge on any atom is 0.226 e. The summed E-state index contributed by atoms with van der Waals surface area (Å²) < 4.78 is 5.10. The summed E-state index contributed by atoms with van der Waals surface area (Å²) in [6.45, 7) is 2.08. The molecule has 0 aliphatic carbocycles. The van der Waals surface area contributed by atoms with Crippen molar-refractivity contribution in [2.24, 2.45) is 0 Å². The van der Waals surface area contributed by atoms with Gasteiger partial charge >= 0.3 is 0 Å². The molecule has 1 heterocycles. The van der Waals surface area contributed by atoms with Gasteiger partial charge in [0.15, 0.2) is 0 Å². The Kier molecular flexibility index (Phi) is 2.67. The normalized spacial score (nSPS) is 10.5. The molecule has 0 aliphatic rings. The third-order valence-electron chi connectivity index (χ3n) is 2.10. The number of aryl methyl sites for hydroxylation is 1. The van der Waals surface area contributed by atoms with Crippen LogP contribution >= 0.6 is 0 Å². The molecule has 0 fully saturated rings. The Morgan fingerprint density at radius 2 is 2.00 bits per heavy atom. The van der Waals surface area contributed by atoms with Crippen molar-refractivity contribution in [2.75, 3.05) is 5.73 Å². The summed E-state index contributed by atoms with van der Waals surface area (Å²) in [5.74, 6) is 1.31. The van der Waals surface area contributed by atoms with Crippen molar-refractivity contribution in [3.05, 3.63) is 30.2 Å². The van der Waals surface area contributed by atoms with Crippen molar-refractivity contribution in [3.63, 3.8) is 0 Å². The molecule has 0 atom stereocenters. The zero-order valence-electron chi connectivity index (χ0n) is 8.60. The number of aromatic nitrogens is 2. The van der Waals surface area contributed by atoms with Crippen molar-refractivity contribution in [2.45, 2.75) is 19.8 Å². The van der Waals surface area contributed by atoms with Crippen LogP contribution in [0, 0.1) is 0 Å². The fourth-order valence-electron chi connectivity index (χ4n) is 1.32. The first-order valence-corrected chi connectivity index (χ1v) is 4.98. The van der Waals surface area contributed by atoms with Gasteiger partial charge in [0, 0.05) is 17.7 Å². The lowest BCUT2D eigenvalue weighted by Gasteiger charge is -1.94. The van der Waals surface area contributed by atoms with E-state index in [9.17, 15) is 0 Å². The molecule has 1 aromatic heterocycles. The highest BCUT2D eigenvalue weighted by Gasteiger charge is 2.06. The monoisotopic (exact) mass is 203 g/mol. The largest absolute Gasteiger partial charge is 0.399 e. The Balaban J connectivity index is 2.25. The molecule has 0 bridgehead atoms. The highest BCUT2D eigenvalue weighted by Crippen LogP contribution is 2.17. The molecule has 78 valence electrons. The minimum absolute atomic E-state index is 0.624. The zero-order valence-corrected chi connectivity index (χ0v) is 8.60. The minimum Gasteiger partial charge on any atom is -0.399 e. The first kappa shape index (κ1) is 9.71. The van der Waals surface area contributed by atoms with Crippen molar-refractivity contribution in [3.8, 4) is 11.4 Å². The average Bonchev–Trinajstić information content (AvgIpc) is 2.68. The van der Waals surface area contributed by atoms with Crippen LogP contribution in [0.3, 0.4) is 0 Å². The summed E-state index contributed by atoms with van der Waals surface area (Å²) in [4.78, 5) is 4.28. The lowest BCUT2D eigenvalue weighted by atomic mass is 10.2. The molecule has 2 N–H and O–H groups in total. The Hall–Kier alpha value is -1.84. The van der Waals surface area contributed by atoms with Gasteiger partial charge in [0.25, 0.3) is 0 Å². The molecule has 0 radical (unpaired) electrons. The van der Waals surface area contributed by atoms with Crippen molar-refractivity contribution >= 4 is 5.69 Å². The third kappa shape index (κ3) is 2.15. The van der Waals surface area contributed by atoms with Gasteiger partial charge in [0.1, 0.15) is 0 Å². The molecule has 4 heteroatoms. The molecule has 0 amide bonds. The van der Waals surface area contributed by atoms with Crippen LogP contribution in [-0.2, 0) is 6.42 Å². The lowest BCUT2D eigenvalue weighted by molar-refractivity contribution is 0.378. The Morgan fingerprint density at radius 1 is 1.27 bits per heavy atom. The minimum atomic E-state index is 0.624. The van der Waals surface area contributed by atoms with E-state index in [0.29, 0.717) is 11.7 Å². The molecule has 0 saturated carbocycles. The van der Waals surface area contributed by atoms with Crippen LogP contribution in [0.1, 0.15) is 19.2 Å². The predicted molar refractivity (Wildman–Crippen MR) is 58.1 cm³/mol. The molecule has 4 nitrogen and oxygen atoms in total. The first-order valence-electron chi connectivity index (χ1n) is 4.98. The molecule has 0 spiro atoms. The molecular formula is C11H13N3O. The summed E-state index contributed by atoms with van der Waals surface area (Å²) in [7, 11) is 0.